The highest BCUT2D eigenvalue weighted by molar-refractivity contribution is 7.25. The normalized spacial score (nSPS) is 12.2. The van der Waals surface area contributed by atoms with Crippen molar-refractivity contribution in [2.75, 3.05) is 0 Å². The van der Waals surface area contributed by atoms with Crippen LogP contribution >= 0.6 is 11.3 Å². The summed E-state index contributed by atoms with van der Waals surface area (Å²) in [6, 6.07) is 45.7. The largest absolute Gasteiger partial charge is 0.464 e. The van der Waals surface area contributed by atoms with Crippen LogP contribution in [0.1, 0.15) is 0 Å². The van der Waals surface area contributed by atoms with Crippen LogP contribution in [0.3, 0.4) is 0 Å². The van der Waals surface area contributed by atoms with Gasteiger partial charge < -0.3 is 8.83 Å². The van der Waals surface area contributed by atoms with Gasteiger partial charge in [0.25, 0.3) is 0 Å². The maximum Gasteiger partial charge on any atom is 0.147 e. The molecule has 3 aromatic heterocycles. The van der Waals surface area contributed by atoms with Crippen LogP contribution in [-0.2, 0) is 0 Å². The van der Waals surface area contributed by atoms with E-state index in [4.69, 9.17) is 8.83 Å². The fourth-order valence-electron chi connectivity index (χ4n) is 7.10. The van der Waals surface area contributed by atoms with Crippen molar-refractivity contribution in [3.8, 4) is 22.3 Å². The average Bonchev–Trinajstić information content (AvgIpc) is 3.76. The summed E-state index contributed by atoms with van der Waals surface area (Å²) in [6.07, 6.45) is 1.91. The van der Waals surface area contributed by atoms with Gasteiger partial charge >= 0.3 is 0 Å². The highest BCUT2D eigenvalue weighted by atomic mass is 32.1. The minimum Gasteiger partial charge on any atom is -0.464 e. The van der Waals surface area contributed by atoms with Crippen LogP contribution in [0.2, 0.25) is 0 Å². The highest BCUT2D eigenvalue weighted by Gasteiger charge is 2.22. The van der Waals surface area contributed by atoms with Gasteiger partial charge in [0.05, 0.1) is 11.6 Å². The summed E-state index contributed by atoms with van der Waals surface area (Å²) in [4.78, 5) is 0. The SMILES string of the molecule is c1ccc2c(c1)oc1c2ccc2occ(-c3c4ccccc4c(-c4ccc5sc6ccccc6c5c4)c4ccccc34)c21. The number of furan rings is 2. The van der Waals surface area contributed by atoms with Crippen LogP contribution in [0.25, 0.3) is 96.9 Å². The van der Waals surface area contributed by atoms with Gasteiger partial charge in [0.1, 0.15) is 16.7 Å². The second-order valence-corrected chi connectivity index (χ2v) is 12.3. The van der Waals surface area contributed by atoms with E-state index in [0.29, 0.717) is 0 Å². The van der Waals surface area contributed by atoms with E-state index < -0.39 is 0 Å². The zero-order valence-corrected chi connectivity index (χ0v) is 23.7. The molecule has 0 unspecified atom stereocenters. The Bertz CT molecular complexity index is 2680. The summed E-state index contributed by atoms with van der Waals surface area (Å²) >= 11 is 1.86. The lowest BCUT2D eigenvalue weighted by Crippen LogP contribution is -1.90. The first-order chi connectivity index (χ1) is 21.3. The molecular formula is C40H22O2S. The molecule has 0 aliphatic carbocycles. The molecule has 0 spiro atoms. The Labute approximate surface area is 250 Å². The quantitative estimate of drug-likeness (QED) is 0.195. The molecule has 10 rings (SSSR count). The van der Waals surface area contributed by atoms with Crippen LogP contribution in [-0.4, -0.2) is 0 Å². The first kappa shape index (κ1) is 23.2. The molecule has 200 valence electrons. The Balaban J connectivity index is 1.34. The van der Waals surface area contributed by atoms with Gasteiger partial charge in [-0.2, -0.15) is 0 Å². The molecule has 0 aliphatic rings. The van der Waals surface area contributed by atoms with Crippen molar-refractivity contribution in [3.05, 3.63) is 134 Å². The van der Waals surface area contributed by atoms with Gasteiger partial charge in [-0.05, 0) is 69.1 Å². The molecule has 2 nitrogen and oxygen atoms in total. The molecule has 0 radical (unpaired) electrons. The lowest BCUT2D eigenvalue weighted by atomic mass is 9.85. The Morgan fingerprint density at radius 3 is 1.84 bits per heavy atom. The minimum atomic E-state index is 0.827. The number of para-hydroxylation sites is 1. The Morgan fingerprint density at radius 1 is 0.442 bits per heavy atom. The predicted molar refractivity (Wildman–Crippen MR) is 182 cm³/mol. The van der Waals surface area contributed by atoms with E-state index in [9.17, 15) is 0 Å². The third kappa shape index (κ3) is 3.17. The van der Waals surface area contributed by atoms with E-state index in [1.807, 2.05) is 29.7 Å². The van der Waals surface area contributed by atoms with Crippen LogP contribution in [0.4, 0.5) is 0 Å². The van der Waals surface area contributed by atoms with Crippen LogP contribution in [0.5, 0.6) is 0 Å². The summed E-state index contributed by atoms with van der Waals surface area (Å²) in [5.74, 6) is 0. The van der Waals surface area contributed by atoms with Gasteiger partial charge in [0.2, 0.25) is 0 Å². The number of hydrogen-bond donors (Lipinski definition) is 0. The fourth-order valence-corrected chi connectivity index (χ4v) is 8.19. The molecule has 43 heavy (non-hydrogen) atoms. The van der Waals surface area contributed by atoms with E-state index >= 15 is 0 Å². The van der Waals surface area contributed by atoms with Crippen molar-refractivity contribution in [1.82, 2.24) is 0 Å². The molecule has 3 heterocycles. The Hall–Kier alpha value is -5.38. The van der Waals surface area contributed by atoms with E-state index in [1.54, 1.807) is 0 Å². The van der Waals surface area contributed by atoms with Gasteiger partial charge in [-0.25, -0.2) is 0 Å². The molecule has 0 fully saturated rings. The molecule has 0 amide bonds. The summed E-state index contributed by atoms with van der Waals surface area (Å²) in [6.45, 7) is 0. The number of rotatable bonds is 2. The van der Waals surface area contributed by atoms with E-state index in [0.717, 1.165) is 38.5 Å². The van der Waals surface area contributed by atoms with Crippen molar-refractivity contribution < 1.29 is 8.83 Å². The van der Waals surface area contributed by atoms with Gasteiger partial charge in [-0.1, -0.05) is 91.0 Å². The summed E-state index contributed by atoms with van der Waals surface area (Å²) in [5, 5.41) is 10.7. The summed E-state index contributed by atoms with van der Waals surface area (Å²) in [5.41, 5.74) is 7.30. The van der Waals surface area contributed by atoms with Crippen molar-refractivity contribution in [2.45, 2.75) is 0 Å². The first-order valence-electron chi connectivity index (χ1n) is 14.5. The standard InChI is InChI=1S/C40H22O2S/c1-3-13-28-26(11-1)37(23-17-20-36-31(21-23)25-10-6-8-16-35(25)43-36)27-12-2-4-14-29(27)38(28)32-22-41-34-19-18-30-24-9-5-7-15-33(24)42-40(30)39(32)34/h1-22H. The Morgan fingerprint density at radius 2 is 1.07 bits per heavy atom. The fraction of sp³-hybridized carbons (Fsp3) is 0. The van der Waals surface area contributed by atoms with Crippen molar-refractivity contribution in [3.63, 3.8) is 0 Å². The van der Waals surface area contributed by atoms with E-state index in [-0.39, 0.29) is 0 Å². The second-order valence-electron chi connectivity index (χ2n) is 11.2. The zero-order valence-electron chi connectivity index (χ0n) is 22.9. The van der Waals surface area contributed by atoms with Gasteiger partial charge in [0, 0.05) is 42.1 Å². The average molecular weight is 567 g/mol. The molecule has 10 aromatic rings. The minimum absolute atomic E-state index is 0.827. The van der Waals surface area contributed by atoms with Gasteiger partial charge in [-0.15, -0.1) is 11.3 Å². The van der Waals surface area contributed by atoms with Gasteiger partial charge in [-0.3, -0.25) is 0 Å². The number of benzene rings is 7. The predicted octanol–water partition coefficient (Wildman–Crippen LogP) is 12.3. The lowest BCUT2D eigenvalue weighted by molar-refractivity contribution is 0.616. The molecule has 3 heteroatoms. The lowest BCUT2D eigenvalue weighted by Gasteiger charge is -2.17. The summed E-state index contributed by atoms with van der Waals surface area (Å²) in [7, 11) is 0. The molecule has 0 atom stereocenters. The van der Waals surface area contributed by atoms with Crippen molar-refractivity contribution in [2.24, 2.45) is 0 Å². The van der Waals surface area contributed by atoms with E-state index in [1.165, 1.54) is 58.4 Å². The van der Waals surface area contributed by atoms with Crippen LogP contribution in [0.15, 0.2) is 142 Å². The topological polar surface area (TPSA) is 26.3 Å². The van der Waals surface area contributed by atoms with Crippen LogP contribution < -0.4 is 0 Å². The zero-order chi connectivity index (χ0) is 28.1. The third-order valence-electron chi connectivity index (χ3n) is 8.95. The first-order valence-corrected chi connectivity index (χ1v) is 15.3. The van der Waals surface area contributed by atoms with Crippen LogP contribution in [0, 0.1) is 0 Å². The van der Waals surface area contributed by atoms with Gasteiger partial charge in [0.15, 0.2) is 0 Å². The maximum absolute atomic E-state index is 6.51. The number of thiophene rings is 1. The molecule has 0 N–H and O–H groups in total. The molecule has 0 saturated carbocycles. The monoisotopic (exact) mass is 566 g/mol. The second kappa shape index (κ2) is 8.57. The smallest absolute Gasteiger partial charge is 0.147 e. The number of fused-ring (bicyclic) bond motifs is 10. The van der Waals surface area contributed by atoms with Crippen molar-refractivity contribution in [1.29, 1.82) is 0 Å². The maximum atomic E-state index is 6.51. The molecule has 0 saturated heterocycles. The third-order valence-corrected chi connectivity index (χ3v) is 10.1. The summed E-state index contributed by atoms with van der Waals surface area (Å²) < 4.78 is 15.4. The van der Waals surface area contributed by atoms with E-state index in [2.05, 4.69) is 115 Å². The molecule has 7 aromatic carbocycles. The highest BCUT2D eigenvalue weighted by Crippen LogP contribution is 2.48. The Kier molecular flexibility index (Phi) is 4.63. The molecule has 0 aliphatic heterocycles. The van der Waals surface area contributed by atoms with Crippen molar-refractivity contribution >= 4 is 86.0 Å². The molecule has 0 bridgehead atoms. The number of hydrogen-bond acceptors (Lipinski definition) is 3. The molecular weight excluding hydrogens is 545 g/mol.